The third-order valence-corrected chi connectivity index (χ3v) is 5.62. The van der Waals surface area contributed by atoms with Crippen LogP contribution < -0.4 is 10.6 Å². The van der Waals surface area contributed by atoms with Crippen LogP contribution in [0.4, 0.5) is 18.2 Å². The Kier molecular flexibility index (Phi) is 6.79. The van der Waals surface area contributed by atoms with Crippen LogP contribution in [0.25, 0.3) is 0 Å². The molecule has 0 saturated heterocycles. The smallest absolute Gasteiger partial charge is 0.261 e. The number of hydrogen-bond acceptors (Lipinski definition) is 3. The maximum Gasteiger partial charge on any atom is 0.261 e. The minimum absolute atomic E-state index is 0.0208. The number of carbonyl (C=O) groups excluding carboxylic acids is 2. The summed E-state index contributed by atoms with van der Waals surface area (Å²) in [5.41, 5.74) is 1.19. The van der Waals surface area contributed by atoms with Gasteiger partial charge in [-0.3, -0.25) is 9.59 Å². The zero-order valence-electron chi connectivity index (χ0n) is 15.7. The number of anilines is 1. The molecule has 0 aliphatic carbocycles. The minimum Gasteiger partial charge on any atom is -0.351 e. The molecule has 3 aromatic rings. The molecular formula is C21H16ClF3N2O2S. The topological polar surface area (TPSA) is 58.2 Å². The minimum atomic E-state index is -0.674. The summed E-state index contributed by atoms with van der Waals surface area (Å²) in [4.78, 5) is 25.2. The standard InChI is InChI=1S/C21H16ClF3N2O2S/c1-11-6-18(27-20(28)16-3-2-13(23)10-17(16)22)30-19(11)21(29)26-5-4-12-7-14(24)9-15(25)8-12/h2-3,6-10H,4-5H2,1H3,(H,26,29)(H,27,28). The van der Waals surface area contributed by atoms with Gasteiger partial charge >= 0.3 is 0 Å². The number of aryl methyl sites for hydroxylation is 1. The fraction of sp³-hybridized carbons (Fsp3) is 0.143. The van der Waals surface area contributed by atoms with Gasteiger partial charge in [-0.25, -0.2) is 13.2 Å². The van der Waals surface area contributed by atoms with Crippen LogP contribution in [0.1, 0.15) is 31.2 Å². The van der Waals surface area contributed by atoms with Crippen molar-refractivity contribution < 1.29 is 22.8 Å². The Morgan fingerprint density at radius 1 is 0.967 bits per heavy atom. The SMILES string of the molecule is Cc1cc(NC(=O)c2ccc(F)cc2Cl)sc1C(=O)NCCc1cc(F)cc(F)c1. The quantitative estimate of drug-likeness (QED) is 0.529. The van der Waals surface area contributed by atoms with E-state index in [4.69, 9.17) is 11.6 Å². The number of thiophene rings is 1. The van der Waals surface area contributed by atoms with E-state index in [1.54, 1.807) is 13.0 Å². The van der Waals surface area contributed by atoms with Crippen molar-refractivity contribution in [2.24, 2.45) is 0 Å². The molecule has 2 N–H and O–H groups in total. The fourth-order valence-corrected chi connectivity index (χ4v) is 4.02. The van der Waals surface area contributed by atoms with E-state index in [-0.39, 0.29) is 29.5 Å². The summed E-state index contributed by atoms with van der Waals surface area (Å²) in [5, 5.41) is 5.74. The lowest BCUT2D eigenvalue weighted by Gasteiger charge is -2.06. The first-order valence-electron chi connectivity index (χ1n) is 8.83. The highest BCUT2D eigenvalue weighted by Crippen LogP contribution is 2.28. The number of rotatable bonds is 6. The Morgan fingerprint density at radius 2 is 1.67 bits per heavy atom. The van der Waals surface area contributed by atoms with Crippen molar-refractivity contribution in [3.63, 3.8) is 0 Å². The molecule has 2 amide bonds. The summed E-state index contributed by atoms with van der Waals surface area (Å²) >= 11 is 6.97. The molecule has 2 aromatic carbocycles. The molecule has 1 aromatic heterocycles. The summed E-state index contributed by atoms with van der Waals surface area (Å²) in [6.45, 7) is 1.90. The number of nitrogens with one attached hydrogen (secondary N) is 2. The van der Waals surface area contributed by atoms with E-state index < -0.39 is 23.4 Å². The predicted molar refractivity (Wildman–Crippen MR) is 111 cm³/mol. The van der Waals surface area contributed by atoms with Crippen LogP contribution in [-0.4, -0.2) is 18.4 Å². The lowest BCUT2D eigenvalue weighted by atomic mass is 10.1. The van der Waals surface area contributed by atoms with Crippen molar-refractivity contribution in [3.8, 4) is 0 Å². The van der Waals surface area contributed by atoms with Crippen LogP contribution in [0.15, 0.2) is 42.5 Å². The highest BCUT2D eigenvalue weighted by molar-refractivity contribution is 7.18. The van der Waals surface area contributed by atoms with Gasteiger partial charge < -0.3 is 10.6 Å². The maximum absolute atomic E-state index is 13.2. The molecule has 0 aliphatic rings. The van der Waals surface area contributed by atoms with E-state index >= 15 is 0 Å². The first-order chi connectivity index (χ1) is 14.2. The zero-order chi connectivity index (χ0) is 21.8. The van der Waals surface area contributed by atoms with Gasteiger partial charge in [0.15, 0.2) is 0 Å². The number of benzene rings is 2. The summed E-state index contributed by atoms with van der Waals surface area (Å²) in [6.07, 6.45) is 0.261. The third-order valence-electron chi connectivity index (χ3n) is 4.16. The van der Waals surface area contributed by atoms with Crippen molar-refractivity contribution in [1.29, 1.82) is 0 Å². The Morgan fingerprint density at radius 3 is 2.33 bits per heavy atom. The number of halogens is 4. The first kappa shape index (κ1) is 21.9. The molecule has 1 heterocycles. The van der Waals surface area contributed by atoms with Crippen LogP contribution in [-0.2, 0) is 6.42 Å². The van der Waals surface area contributed by atoms with Gasteiger partial charge in [-0.15, -0.1) is 11.3 Å². The summed E-state index contributed by atoms with van der Waals surface area (Å²) in [5.74, 6) is -2.79. The molecule has 4 nitrogen and oxygen atoms in total. The molecule has 0 aliphatic heterocycles. The second kappa shape index (κ2) is 9.32. The van der Waals surface area contributed by atoms with E-state index in [0.717, 1.165) is 29.5 Å². The zero-order valence-corrected chi connectivity index (χ0v) is 17.3. The summed E-state index contributed by atoms with van der Waals surface area (Å²) in [6, 6.07) is 8.28. The molecular weight excluding hydrogens is 437 g/mol. The average Bonchev–Trinajstić information content (AvgIpc) is 3.00. The lowest BCUT2D eigenvalue weighted by Crippen LogP contribution is -2.25. The van der Waals surface area contributed by atoms with E-state index in [0.29, 0.717) is 21.0 Å². The average molecular weight is 453 g/mol. The molecule has 30 heavy (non-hydrogen) atoms. The van der Waals surface area contributed by atoms with E-state index in [9.17, 15) is 22.8 Å². The number of carbonyl (C=O) groups is 2. The van der Waals surface area contributed by atoms with Crippen LogP contribution in [0.3, 0.4) is 0 Å². The van der Waals surface area contributed by atoms with Gasteiger partial charge in [-0.1, -0.05) is 11.6 Å². The van der Waals surface area contributed by atoms with Crippen molar-refractivity contribution in [3.05, 3.63) is 86.5 Å². The molecule has 9 heteroatoms. The first-order valence-corrected chi connectivity index (χ1v) is 10.0. The molecule has 3 rings (SSSR count). The van der Waals surface area contributed by atoms with Gasteiger partial charge in [0, 0.05) is 12.6 Å². The van der Waals surface area contributed by atoms with Crippen molar-refractivity contribution in [1.82, 2.24) is 5.32 Å². The van der Waals surface area contributed by atoms with Gasteiger partial charge in [0.2, 0.25) is 0 Å². The van der Waals surface area contributed by atoms with Crippen LogP contribution in [0.5, 0.6) is 0 Å². The van der Waals surface area contributed by atoms with Gasteiger partial charge in [0.1, 0.15) is 17.5 Å². The molecule has 0 spiro atoms. The summed E-state index contributed by atoms with van der Waals surface area (Å²) in [7, 11) is 0. The largest absolute Gasteiger partial charge is 0.351 e. The number of hydrogen-bond donors (Lipinski definition) is 2. The Bertz CT molecular complexity index is 1100. The molecule has 156 valence electrons. The number of amides is 2. The highest BCUT2D eigenvalue weighted by atomic mass is 35.5. The van der Waals surface area contributed by atoms with Crippen LogP contribution in [0, 0.1) is 24.4 Å². The Labute approximate surface area is 179 Å². The van der Waals surface area contributed by atoms with Gasteiger partial charge in [0.05, 0.1) is 20.5 Å². The molecule has 0 atom stereocenters. The summed E-state index contributed by atoms with van der Waals surface area (Å²) < 4.78 is 39.6. The fourth-order valence-electron chi connectivity index (χ4n) is 2.78. The molecule has 0 fully saturated rings. The monoisotopic (exact) mass is 452 g/mol. The molecule has 0 bridgehead atoms. The Hall–Kier alpha value is -2.84. The Balaban J connectivity index is 1.62. The van der Waals surface area contributed by atoms with Crippen LogP contribution in [0.2, 0.25) is 5.02 Å². The predicted octanol–water partition coefficient (Wildman–Crippen LogP) is 5.35. The molecule has 0 saturated carbocycles. The second-order valence-electron chi connectivity index (χ2n) is 6.48. The van der Waals surface area contributed by atoms with E-state index in [1.165, 1.54) is 18.2 Å². The van der Waals surface area contributed by atoms with Gasteiger partial charge in [-0.05, 0) is 60.9 Å². The van der Waals surface area contributed by atoms with E-state index in [2.05, 4.69) is 10.6 Å². The second-order valence-corrected chi connectivity index (χ2v) is 7.94. The third kappa shape index (κ3) is 5.40. The molecule has 0 unspecified atom stereocenters. The lowest BCUT2D eigenvalue weighted by molar-refractivity contribution is 0.0956. The molecule has 0 radical (unpaired) electrons. The van der Waals surface area contributed by atoms with Crippen molar-refractivity contribution in [2.75, 3.05) is 11.9 Å². The van der Waals surface area contributed by atoms with Gasteiger partial charge in [0.25, 0.3) is 11.8 Å². The normalized spacial score (nSPS) is 10.7. The highest BCUT2D eigenvalue weighted by Gasteiger charge is 2.17. The van der Waals surface area contributed by atoms with Gasteiger partial charge in [-0.2, -0.15) is 0 Å². The van der Waals surface area contributed by atoms with Crippen molar-refractivity contribution in [2.45, 2.75) is 13.3 Å². The maximum atomic E-state index is 13.2. The van der Waals surface area contributed by atoms with Crippen LogP contribution >= 0.6 is 22.9 Å². The van der Waals surface area contributed by atoms with E-state index in [1.807, 2.05) is 0 Å². The van der Waals surface area contributed by atoms with Crippen molar-refractivity contribution >= 4 is 39.8 Å².